The molecule has 1 saturated heterocycles. The second kappa shape index (κ2) is 14.0. The number of hydrogen-bond acceptors (Lipinski definition) is 5. The first kappa shape index (κ1) is 26.0. The predicted octanol–water partition coefficient (Wildman–Crippen LogP) is 2.91. The first-order valence-electron chi connectivity index (χ1n) is 10.8. The Morgan fingerprint density at radius 3 is 2.50 bits per heavy atom. The summed E-state index contributed by atoms with van der Waals surface area (Å²) in [6.45, 7) is 3.37. The van der Waals surface area contributed by atoms with E-state index >= 15 is 0 Å². The number of carbonyl (C=O) groups excluding carboxylic acids is 1. The molecule has 0 bridgehead atoms. The van der Waals surface area contributed by atoms with Crippen molar-refractivity contribution in [3.8, 4) is 5.75 Å². The molecule has 1 aromatic heterocycles. The van der Waals surface area contributed by atoms with Gasteiger partial charge in [0.2, 0.25) is 5.91 Å². The Kier molecular flexibility index (Phi) is 11.4. The van der Waals surface area contributed by atoms with E-state index in [0.717, 1.165) is 24.6 Å². The van der Waals surface area contributed by atoms with Gasteiger partial charge < -0.3 is 25.1 Å². The Morgan fingerprint density at radius 2 is 1.88 bits per heavy atom. The van der Waals surface area contributed by atoms with E-state index in [1.165, 1.54) is 24.8 Å². The number of nitrogens with one attached hydrogen (secondary N) is 3. The molecule has 1 atom stereocenters. The van der Waals surface area contributed by atoms with Crippen LogP contribution in [0.5, 0.6) is 5.75 Å². The summed E-state index contributed by atoms with van der Waals surface area (Å²) in [5, 5.41) is 9.29. The van der Waals surface area contributed by atoms with Crippen LogP contribution in [0.15, 0.2) is 52.1 Å². The van der Waals surface area contributed by atoms with Gasteiger partial charge in [0.15, 0.2) is 5.96 Å². The van der Waals surface area contributed by atoms with Crippen LogP contribution in [0.1, 0.15) is 36.6 Å². The van der Waals surface area contributed by atoms with Gasteiger partial charge in [-0.3, -0.25) is 14.7 Å². The van der Waals surface area contributed by atoms with Gasteiger partial charge in [0.25, 0.3) is 0 Å². The molecule has 2 aromatic rings. The zero-order valence-electron chi connectivity index (χ0n) is 18.8. The van der Waals surface area contributed by atoms with Gasteiger partial charge in [0.05, 0.1) is 32.5 Å². The van der Waals surface area contributed by atoms with E-state index in [-0.39, 0.29) is 42.5 Å². The predicted molar refractivity (Wildman–Crippen MR) is 136 cm³/mol. The summed E-state index contributed by atoms with van der Waals surface area (Å²) in [6, 6.07) is 12.1. The molecule has 1 unspecified atom stereocenters. The van der Waals surface area contributed by atoms with Crippen LogP contribution >= 0.6 is 24.0 Å². The van der Waals surface area contributed by atoms with Gasteiger partial charge in [0, 0.05) is 13.6 Å². The Balaban J connectivity index is 0.00000363. The summed E-state index contributed by atoms with van der Waals surface area (Å²) in [4.78, 5) is 18.9. The molecule has 1 aliphatic rings. The second-order valence-corrected chi connectivity index (χ2v) is 7.55. The van der Waals surface area contributed by atoms with Crippen LogP contribution < -0.4 is 20.7 Å². The number of hydrogen-bond donors (Lipinski definition) is 3. The highest BCUT2D eigenvalue weighted by atomic mass is 127. The lowest BCUT2D eigenvalue weighted by atomic mass is 10.0. The van der Waals surface area contributed by atoms with E-state index in [0.29, 0.717) is 19.0 Å². The van der Waals surface area contributed by atoms with Crippen molar-refractivity contribution in [1.29, 1.82) is 0 Å². The van der Waals surface area contributed by atoms with E-state index in [1.54, 1.807) is 26.5 Å². The summed E-state index contributed by atoms with van der Waals surface area (Å²) in [7, 11) is 3.39. The van der Waals surface area contributed by atoms with Crippen molar-refractivity contribution in [1.82, 2.24) is 20.9 Å². The van der Waals surface area contributed by atoms with Crippen LogP contribution in [-0.2, 0) is 11.3 Å². The average Bonchev–Trinajstić information content (AvgIpc) is 3.34. The fraction of sp³-hybridized carbons (Fsp3) is 0.478. The molecule has 8 nitrogen and oxygen atoms in total. The minimum atomic E-state index is -0.123. The lowest BCUT2D eigenvalue weighted by Crippen LogP contribution is -2.46. The third kappa shape index (κ3) is 8.01. The maximum absolute atomic E-state index is 12.1. The molecule has 1 aliphatic heterocycles. The number of likely N-dealkylation sites (tertiary alicyclic amines) is 1. The molecule has 3 N–H and O–H groups in total. The fourth-order valence-electron chi connectivity index (χ4n) is 3.75. The van der Waals surface area contributed by atoms with Gasteiger partial charge >= 0.3 is 0 Å². The maximum Gasteiger partial charge on any atom is 0.239 e. The average molecular weight is 555 g/mol. The molecular formula is C23H34IN5O3. The molecule has 0 aliphatic carbocycles. The summed E-state index contributed by atoms with van der Waals surface area (Å²) in [5.74, 6) is 2.05. The lowest BCUT2D eigenvalue weighted by Gasteiger charge is -2.35. The van der Waals surface area contributed by atoms with Crippen molar-refractivity contribution in [2.75, 3.05) is 40.3 Å². The molecule has 3 rings (SSSR count). The smallest absolute Gasteiger partial charge is 0.239 e. The zero-order chi connectivity index (χ0) is 21.9. The SMILES string of the molecule is CN=C(NCC(=O)NCc1ccco1)NCC(c1ccc(OC)cc1)N1CCCCC1.I. The third-order valence-electron chi connectivity index (χ3n) is 5.47. The van der Waals surface area contributed by atoms with Crippen LogP contribution in [0.25, 0.3) is 0 Å². The monoisotopic (exact) mass is 555 g/mol. The minimum Gasteiger partial charge on any atom is -0.497 e. The summed E-state index contributed by atoms with van der Waals surface area (Å²) in [5.41, 5.74) is 1.24. The van der Waals surface area contributed by atoms with Crippen LogP contribution in [0.4, 0.5) is 0 Å². The largest absolute Gasteiger partial charge is 0.497 e. The summed E-state index contributed by atoms with van der Waals surface area (Å²) < 4.78 is 10.5. The minimum absolute atomic E-state index is 0. The highest BCUT2D eigenvalue weighted by Crippen LogP contribution is 2.25. The Hall–Kier alpha value is -2.27. The van der Waals surface area contributed by atoms with Gasteiger partial charge in [-0.15, -0.1) is 24.0 Å². The molecule has 32 heavy (non-hydrogen) atoms. The first-order valence-corrected chi connectivity index (χ1v) is 10.8. The number of aliphatic imine (C=N–C) groups is 1. The number of rotatable bonds is 9. The van der Waals surface area contributed by atoms with Crippen molar-refractivity contribution in [3.63, 3.8) is 0 Å². The van der Waals surface area contributed by atoms with Crippen LogP contribution in [0.3, 0.4) is 0 Å². The molecule has 1 aromatic carbocycles. The maximum atomic E-state index is 12.1. The Bertz CT molecular complexity index is 821. The van der Waals surface area contributed by atoms with Gasteiger partial charge in [-0.1, -0.05) is 18.6 Å². The van der Waals surface area contributed by atoms with Gasteiger partial charge in [-0.05, 0) is 55.8 Å². The summed E-state index contributed by atoms with van der Waals surface area (Å²) in [6.07, 6.45) is 5.31. The Morgan fingerprint density at radius 1 is 1.12 bits per heavy atom. The Labute approximate surface area is 207 Å². The lowest BCUT2D eigenvalue weighted by molar-refractivity contribution is -0.120. The number of ether oxygens (including phenoxy) is 1. The van der Waals surface area contributed by atoms with Crippen molar-refractivity contribution in [3.05, 3.63) is 54.0 Å². The molecular weight excluding hydrogens is 521 g/mol. The fourth-order valence-corrected chi connectivity index (χ4v) is 3.75. The van der Waals surface area contributed by atoms with Gasteiger partial charge in [-0.25, -0.2) is 0 Å². The van der Waals surface area contributed by atoms with Crippen molar-refractivity contribution < 1.29 is 13.9 Å². The van der Waals surface area contributed by atoms with Crippen LogP contribution in [0.2, 0.25) is 0 Å². The quantitative estimate of drug-likeness (QED) is 0.251. The van der Waals surface area contributed by atoms with Crippen molar-refractivity contribution in [2.45, 2.75) is 31.8 Å². The first-order chi connectivity index (χ1) is 15.2. The number of halogens is 1. The molecule has 9 heteroatoms. The number of piperidine rings is 1. The number of furan rings is 1. The van der Waals surface area contributed by atoms with Crippen molar-refractivity contribution in [2.24, 2.45) is 4.99 Å². The number of methoxy groups -OCH3 is 1. The molecule has 0 radical (unpaired) electrons. The van der Waals surface area contributed by atoms with E-state index in [2.05, 4.69) is 38.0 Å². The number of nitrogens with zero attached hydrogens (tertiary/aromatic N) is 2. The molecule has 176 valence electrons. The standard InChI is InChI=1S/C23H33N5O3.HI/c1-24-23(27-17-22(29)25-15-20-7-6-14-31-20)26-16-21(28-12-4-3-5-13-28)18-8-10-19(30-2)11-9-18;/h6-11,14,21H,3-5,12-13,15-17H2,1-2H3,(H,25,29)(H2,24,26,27);1H. The van der Waals surface area contributed by atoms with Crippen LogP contribution in [-0.4, -0.2) is 57.1 Å². The molecule has 0 spiro atoms. The number of amides is 1. The number of benzene rings is 1. The third-order valence-corrected chi connectivity index (χ3v) is 5.47. The number of carbonyl (C=O) groups is 1. The highest BCUT2D eigenvalue weighted by Gasteiger charge is 2.22. The second-order valence-electron chi connectivity index (χ2n) is 7.55. The topological polar surface area (TPSA) is 91.1 Å². The summed E-state index contributed by atoms with van der Waals surface area (Å²) >= 11 is 0. The van der Waals surface area contributed by atoms with E-state index in [1.807, 2.05) is 18.2 Å². The molecule has 1 fully saturated rings. The normalized spacial score (nSPS) is 15.4. The van der Waals surface area contributed by atoms with E-state index in [9.17, 15) is 4.79 Å². The molecule has 0 saturated carbocycles. The van der Waals surface area contributed by atoms with Crippen LogP contribution in [0, 0.1) is 0 Å². The van der Waals surface area contributed by atoms with Crippen molar-refractivity contribution >= 4 is 35.8 Å². The highest BCUT2D eigenvalue weighted by molar-refractivity contribution is 14.0. The van der Waals surface area contributed by atoms with Gasteiger partial charge in [0.1, 0.15) is 11.5 Å². The zero-order valence-corrected chi connectivity index (χ0v) is 21.1. The molecule has 2 heterocycles. The van der Waals surface area contributed by atoms with Gasteiger partial charge in [-0.2, -0.15) is 0 Å². The van der Waals surface area contributed by atoms with E-state index < -0.39 is 0 Å². The number of guanidine groups is 1. The molecule has 1 amide bonds. The van der Waals surface area contributed by atoms with E-state index in [4.69, 9.17) is 9.15 Å².